The Labute approximate surface area is 174 Å². The molecule has 4 aromatic rings. The van der Waals surface area contributed by atoms with Gasteiger partial charge in [0.15, 0.2) is 0 Å². The fourth-order valence-electron chi connectivity index (χ4n) is 4.43. The summed E-state index contributed by atoms with van der Waals surface area (Å²) in [5.74, 6) is 1.03. The van der Waals surface area contributed by atoms with Gasteiger partial charge in [0, 0.05) is 29.4 Å². The molecule has 146 valence electrons. The van der Waals surface area contributed by atoms with Crippen molar-refractivity contribution >= 4 is 39.2 Å². The van der Waals surface area contributed by atoms with Crippen molar-refractivity contribution in [2.24, 2.45) is 0 Å². The van der Waals surface area contributed by atoms with E-state index in [-0.39, 0.29) is 5.91 Å². The smallest absolute Gasteiger partial charge is 0.270 e. The molecule has 0 saturated carbocycles. The van der Waals surface area contributed by atoms with Crippen LogP contribution in [0.15, 0.2) is 60.7 Å². The summed E-state index contributed by atoms with van der Waals surface area (Å²) in [6, 6.07) is 20.3. The van der Waals surface area contributed by atoms with Gasteiger partial charge >= 0.3 is 0 Å². The second-order valence-corrected chi connectivity index (χ2v) is 7.99. The third kappa shape index (κ3) is 3.14. The normalized spacial score (nSPS) is 16.6. The Morgan fingerprint density at radius 3 is 2.79 bits per heavy atom. The number of aromatic amines is 1. The van der Waals surface area contributed by atoms with Gasteiger partial charge in [0.2, 0.25) is 0 Å². The number of amides is 1. The molecule has 1 aliphatic rings. The van der Waals surface area contributed by atoms with Crippen molar-refractivity contribution in [3.05, 3.63) is 76.9 Å². The minimum absolute atomic E-state index is 0.0158. The number of likely N-dealkylation sites (tertiary alicyclic amines) is 1. The predicted octanol–water partition coefficient (Wildman–Crippen LogP) is 5.61. The highest BCUT2D eigenvalue weighted by Gasteiger charge is 2.29. The van der Waals surface area contributed by atoms with Crippen molar-refractivity contribution in [1.82, 2.24) is 9.88 Å². The first-order chi connectivity index (χ1) is 14.1. The number of carbonyl (C=O) groups excluding carboxylic acids is 1. The van der Waals surface area contributed by atoms with Crippen LogP contribution in [-0.2, 0) is 0 Å². The number of methoxy groups -OCH3 is 1. The number of nitrogens with zero attached hydrogens (tertiary/aromatic N) is 1. The SMILES string of the molecule is COc1cc(Cl)cc2[nH]c(C(=O)N3CCC(c4cccc5ccccc45)C3)cc12. The van der Waals surface area contributed by atoms with Gasteiger partial charge in [0.05, 0.1) is 12.6 Å². The number of ether oxygens (including phenoxy) is 1. The molecule has 0 bridgehead atoms. The molecule has 1 aromatic heterocycles. The Morgan fingerprint density at radius 1 is 1.10 bits per heavy atom. The lowest BCUT2D eigenvalue weighted by Crippen LogP contribution is -2.28. The zero-order valence-corrected chi connectivity index (χ0v) is 16.9. The highest BCUT2D eigenvalue weighted by atomic mass is 35.5. The van der Waals surface area contributed by atoms with Crippen LogP contribution in [0.1, 0.15) is 28.4 Å². The lowest BCUT2D eigenvalue weighted by molar-refractivity contribution is 0.0786. The van der Waals surface area contributed by atoms with E-state index in [0.717, 1.165) is 30.4 Å². The highest BCUT2D eigenvalue weighted by Crippen LogP contribution is 2.34. The molecule has 5 heteroatoms. The van der Waals surface area contributed by atoms with Crippen molar-refractivity contribution in [2.45, 2.75) is 12.3 Å². The number of hydrogen-bond acceptors (Lipinski definition) is 2. The standard InChI is InChI=1S/C24H21ClN2O2/c1-29-23-12-17(25)11-21-20(23)13-22(26-21)24(28)27-10-9-16(14-27)19-8-4-6-15-5-2-3-7-18(15)19/h2-8,11-13,16,26H,9-10,14H2,1H3. The largest absolute Gasteiger partial charge is 0.496 e. The molecule has 2 heterocycles. The number of hydrogen-bond donors (Lipinski definition) is 1. The summed E-state index contributed by atoms with van der Waals surface area (Å²) in [7, 11) is 1.61. The Kier molecular flexibility index (Phi) is 4.44. The van der Waals surface area contributed by atoms with Gasteiger partial charge in [-0.15, -0.1) is 0 Å². The number of halogens is 1. The van der Waals surface area contributed by atoms with Crippen molar-refractivity contribution in [2.75, 3.05) is 20.2 Å². The number of fused-ring (bicyclic) bond motifs is 2. The summed E-state index contributed by atoms with van der Waals surface area (Å²) < 4.78 is 5.41. The molecular weight excluding hydrogens is 384 g/mol. The Balaban J connectivity index is 1.43. The molecule has 5 rings (SSSR count). The minimum Gasteiger partial charge on any atom is -0.496 e. The molecular formula is C24H21ClN2O2. The van der Waals surface area contributed by atoms with Gasteiger partial charge in [-0.25, -0.2) is 0 Å². The van der Waals surface area contributed by atoms with Crippen molar-refractivity contribution < 1.29 is 9.53 Å². The first-order valence-corrected chi connectivity index (χ1v) is 10.1. The quantitative estimate of drug-likeness (QED) is 0.482. The first-order valence-electron chi connectivity index (χ1n) is 9.77. The van der Waals surface area contributed by atoms with Crippen LogP contribution in [0.3, 0.4) is 0 Å². The van der Waals surface area contributed by atoms with Gasteiger partial charge in [-0.3, -0.25) is 4.79 Å². The van der Waals surface area contributed by atoms with Crippen LogP contribution in [0, 0.1) is 0 Å². The number of H-pyrrole nitrogens is 1. The van der Waals surface area contributed by atoms with Gasteiger partial charge in [-0.2, -0.15) is 0 Å². The molecule has 3 aromatic carbocycles. The van der Waals surface area contributed by atoms with Gasteiger partial charge in [-0.05, 0) is 41.0 Å². The third-order valence-electron chi connectivity index (χ3n) is 5.85. The summed E-state index contributed by atoms with van der Waals surface area (Å²) in [6.07, 6.45) is 0.967. The van der Waals surface area contributed by atoms with Gasteiger partial charge in [0.1, 0.15) is 11.4 Å². The van der Waals surface area contributed by atoms with Crippen LogP contribution in [0.25, 0.3) is 21.7 Å². The van der Waals surface area contributed by atoms with Crippen molar-refractivity contribution in [3.8, 4) is 5.75 Å². The molecule has 1 N–H and O–H groups in total. The van der Waals surface area contributed by atoms with E-state index < -0.39 is 0 Å². The minimum atomic E-state index is 0.0158. The summed E-state index contributed by atoms with van der Waals surface area (Å²) in [5, 5.41) is 3.96. The van der Waals surface area contributed by atoms with Crippen LogP contribution in [-0.4, -0.2) is 36.0 Å². The van der Waals surface area contributed by atoms with Crippen molar-refractivity contribution in [1.29, 1.82) is 0 Å². The maximum Gasteiger partial charge on any atom is 0.270 e. The summed E-state index contributed by atoms with van der Waals surface area (Å²) >= 11 is 6.16. The summed E-state index contributed by atoms with van der Waals surface area (Å²) in [4.78, 5) is 18.3. The van der Waals surface area contributed by atoms with Crippen LogP contribution >= 0.6 is 11.6 Å². The van der Waals surface area contributed by atoms with E-state index in [4.69, 9.17) is 16.3 Å². The highest BCUT2D eigenvalue weighted by molar-refractivity contribution is 6.31. The van der Waals surface area contributed by atoms with E-state index in [9.17, 15) is 4.79 Å². The maximum atomic E-state index is 13.2. The second kappa shape index (κ2) is 7.12. The average molecular weight is 405 g/mol. The summed E-state index contributed by atoms with van der Waals surface area (Å²) in [6.45, 7) is 1.47. The first kappa shape index (κ1) is 18.1. The van der Waals surface area contributed by atoms with Crippen LogP contribution < -0.4 is 4.74 Å². The molecule has 1 amide bonds. The molecule has 4 nitrogen and oxygen atoms in total. The van der Waals surface area contributed by atoms with Crippen LogP contribution in [0.5, 0.6) is 5.75 Å². The Hall–Kier alpha value is -2.98. The molecule has 1 unspecified atom stereocenters. The average Bonchev–Trinajstić information content (AvgIpc) is 3.39. The molecule has 0 spiro atoms. The molecule has 1 aliphatic heterocycles. The topological polar surface area (TPSA) is 45.3 Å². The van der Waals surface area contributed by atoms with Gasteiger partial charge in [0.25, 0.3) is 5.91 Å². The lowest BCUT2D eigenvalue weighted by Gasteiger charge is -2.17. The van der Waals surface area contributed by atoms with E-state index in [2.05, 4.69) is 47.4 Å². The molecule has 0 aliphatic carbocycles. The Morgan fingerprint density at radius 2 is 1.93 bits per heavy atom. The Bertz CT molecular complexity index is 1220. The van der Waals surface area contributed by atoms with E-state index in [1.165, 1.54) is 16.3 Å². The van der Waals surface area contributed by atoms with Crippen LogP contribution in [0.2, 0.25) is 5.02 Å². The van der Waals surface area contributed by atoms with Gasteiger partial charge in [-0.1, -0.05) is 54.1 Å². The van der Waals surface area contributed by atoms with E-state index in [0.29, 0.717) is 22.4 Å². The lowest BCUT2D eigenvalue weighted by atomic mass is 9.93. The third-order valence-corrected chi connectivity index (χ3v) is 6.07. The summed E-state index contributed by atoms with van der Waals surface area (Å²) in [5.41, 5.74) is 2.70. The monoisotopic (exact) mass is 404 g/mol. The molecule has 1 fully saturated rings. The van der Waals surface area contributed by atoms with Crippen molar-refractivity contribution in [3.63, 3.8) is 0 Å². The molecule has 29 heavy (non-hydrogen) atoms. The molecule has 1 saturated heterocycles. The zero-order valence-electron chi connectivity index (χ0n) is 16.1. The fraction of sp³-hybridized carbons (Fsp3) is 0.208. The molecule has 1 atom stereocenters. The second-order valence-electron chi connectivity index (χ2n) is 7.56. The number of carbonyl (C=O) groups is 1. The van der Waals surface area contributed by atoms with E-state index in [1.807, 2.05) is 17.0 Å². The van der Waals surface area contributed by atoms with Crippen LogP contribution in [0.4, 0.5) is 0 Å². The number of nitrogens with one attached hydrogen (secondary N) is 1. The molecule has 0 radical (unpaired) electrons. The number of rotatable bonds is 3. The predicted molar refractivity (Wildman–Crippen MR) is 117 cm³/mol. The maximum absolute atomic E-state index is 13.2. The van der Waals surface area contributed by atoms with E-state index >= 15 is 0 Å². The fourth-order valence-corrected chi connectivity index (χ4v) is 4.64. The van der Waals surface area contributed by atoms with Gasteiger partial charge < -0.3 is 14.6 Å². The zero-order chi connectivity index (χ0) is 20.0. The number of benzene rings is 3. The number of aromatic nitrogens is 1. The van der Waals surface area contributed by atoms with E-state index in [1.54, 1.807) is 13.2 Å².